The van der Waals surface area contributed by atoms with E-state index in [4.69, 9.17) is 18.9 Å². The number of hydrogen-bond acceptors (Lipinski definition) is 4. The van der Waals surface area contributed by atoms with Gasteiger partial charge in [0.2, 0.25) is 12.5 Å². The summed E-state index contributed by atoms with van der Waals surface area (Å²) in [5.41, 5.74) is 6.28. The van der Waals surface area contributed by atoms with Gasteiger partial charge in [0.05, 0.1) is 25.2 Å². The predicted molar refractivity (Wildman–Crippen MR) is 122 cm³/mol. The Kier molecular flexibility index (Phi) is 5.51. The Bertz CT molecular complexity index is 1350. The van der Waals surface area contributed by atoms with Gasteiger partial charge in [-0.3, -0.25) is 0 Å². The van der Waals surface area contributed by atoms with Gasteiger partial charge in [-0.25, -0.2) is 0 Å². The van der Waals surface area contributed by atoms with Crippen LogP contribution in [0.1, 0.15) is 16.7 Å². The molecule has 6 heteroatoms. The van der Waals surface area contributed by atoms with Crippen LogP contribution in [0.15, 0.2) is 60.8 Å². The summed E-state index contributed by atoms with van der Waals surface area (Å²) in [6, 6.07) is 19.0. The van der Waals surface area contributed by atoms with Crippen LogP contribution >= 0.6 is 0 Å². The quantitative estimate of drug-likeness (QED) is 0.434. The predicted octanol–water partition coefficient (Wildman–Crippen LogP) is 1.69. The zero-order valence-corrected chi connectivity index (χ0v) is 19.3. The number of nitrogens with zero attached hydrogens (tertiary/aromatic N) is 1. The fourth-order valence-electron chi connectivity index (χ4n) is 4.99. The first kappa shape index (κ1) is 21.4. The van der Waals surface area contributed by atoms with Crippen LogP contribution in [0.5, 0.6) is 23.0 Å². The normalized spacial score (nSPS) is 13.2. The number of rotatable bonds is 4. The van der Waals surface area contributed by atoms with E-state index in [-0.39, 0.29) is 19.2 Å². The Morgan fingerprint density at radius 2 is 1.70 bits per heavy atom. The minimum Gasteiger partial charge on any atom is -1.00 e. The Morgan fingerprint density at radius 1 is 0.909 bits per heavy atom. The van der Waals surface area contributed by atoms with Crippen molar-refractivity contribution in [1.82, 2.24) is 0 Å². The lowest BCUT2D eigenvalue weighted by atomic mass is 9.88. The SMILES string of the molecule is COc1ccc2c(Cc3ccccc3)c3[n+](cc2c1OC)CCc1cc2c(cc1-3)OCO2.[Cl-]. The maximum absolute atomic E-state index is 5.80. The fourth-order valence-corrected chi connectivity index (χ4v) is 4.99. The summed E-state index contributed by atoms with van der Waals surface area (Å²) in [5, 5.41) is 2.23. The number of fused-ring (bicyclic) bond motifs is 5. The highest BCUT2D eigenvalue weighted by Gasteiger charge is 2.32. The van der Waals surface area contributed by atoms with Gasteiger partial charge in [0, 0.05) is 23.8 Å². The highest BCUT2D eigenvalue weighted by Crippen LogP contribution is 2.44. The Morgan fingerprint density at radius 3 is 2.45 bits per heavy atom. The van der Waals surface area contributed by atoms with Crippen molar-refractivity contribution in [2.24, 2.45) is 0 Å². The zero-order chi connectivity index (χ0) is 21.7. The number of hydrogen-bond donors (Lipinski definition) is 0. The maximum atomic E-state index is 5.80. The molecule has 2 aliphatic heterocycles. The molecule has 0 N–H and O–H groups in total. The molecule has 2 aliphatic rings. The van der Waals surface area contributed by atoms with E-state index in [1.807, 2.05) is 6.07 Å². The van der Waals surface area contributed by atoms with Crippen molar-refractivity contribution in [1.29, 1.82) is 0 Å². The summed E-state index contributed by atoms with van der Waals surface area (Å²) in [6.45, 7) is 1.17. The van der Waals surface area contributed by atoms with Crippen LogP contribution in [-0.2, 0) is 19.4 Å². The highest BCUT2D eigenvalue weighted by atomic mass is 35.5. The number of aryl methyl sites for hydroxylation is 2. The van der Waals surface area contributed by atoms with Crippen LogP contribution in [0.25, 0.3) is 22.0 Å². The third kappa shape index (κ3) is 3.44. The molecule has 1 aromatic heterocycles. The van der Waals surface area contributed by atoms with E-state index >= 15 is 0 Å². The standard InChI is InChI=1S/C27H24NO4.ClH/c1-29-23-9-8-19-21(12-17-6-4-3-5-7-17)26-20-14-25-24(31-16-32-25)13-18(20)10-11-28(26)15-22(19)27(23)30-2;/h3-9,13-15H,10-12,16H2,1-2H3;1H/q+1;/p-1. The molecule has 0 aliphatic carbocycles. The molecule has 0 amide bonds. The van der Waals surface area contributed by atoms with Gasteiger partial charge >= 0.3 is 0 Å². The largest absolute Gasteiger partial charge is 1.00 e. The molecule has 168 valence electrons. The van der Waals surface area contributed by atoms with E-state index in [1.165, 1.54) is 33.3 Å². The number of ether oxygens (including phenoxy) is 4. The van der Waals surface area contributed by atoms with E-state index in [0.29, 0.717) is 0 Å². The number of aromatic nitrogens is 1. The molecular weight excluding hydrogens is 438 g/mol. The number of methoxy groups -OCH3 is 2. The fraction of sp³-hybridized carbons (Fsp3) is 0.222. The first-order chi connectivity index (χ1) is 15.8. The lowest BCUT2D eigenvalue weighted by molar-refractivity contribution is -0.686. The van der Waals surface area contributed by atoms with E-state index in [2.05, 4.69) is 59.3 Å². The van der Waals surface area contributed by atoms with Gasteiger partial charge in [-0.05, 0) is 35.4 Å². The van der Waals surface area contributed by atoms with Crippen molar-refractivity contribution in [3.8, 4) is 34.3 Å². The molecule has 6 rings (SSSR count). The van der Waals surface area contributed by atoms with Gasteiger partial charge in [0.25, 0.3) is 0 Å². The molecule has 0 saturated carbocycles. The van der Waals surface area contributed by atoms with Crippen LogP contribution in [0.2, 0.25) is 0 Å². The number of halogens is 1. The smallest absolute Gasteiger partial charge is 0.231 e. The highest BCUT2D eigenvalue weighted by molar-refractivity contribution is 5.95. The molecule has 3 aromatic carbocycles. The first-order valence-corrected chi connectivity index (χ1v) is 10.8. The molecule has 0 bridgehead atoms. The molecule has 0 saturated heterocycles. The molecule has 0 spiro atoms. The average molecular weight is 462 g/mol. The van der Waals surface area contributed by atoms with Crippen LogP contribution in [0.4, 0.5) is 0 Å². The van der Waals surface area contributed by atoms with Gasteiger partial charge in [-0.15, -0.1) is 0 Å². The third-order valence-electron chi connectivity index (χ3n) is 6.47. The van der Waals surface area contributed by atoms with E-state index in [9.17, 15) is 0 Å². The van der Waals surface area contributed by atoms with E-state index in [0.717, 1.165) is 47.8 Å². The Hall–Kier alpha value is -3.44. The van der Waals surface area contributed by atoms with Gasteiger partial charge in [0.15, 0.2) is 35.7 Å². The molecule has 3 heterocycles. The molecule has 0 fully saturated rings. The second-order valence-electron chi connectivity index (χ2n) is 8.19. The topological polar surface area (TPSA) is 40.8 Å². The first-order valence-electron chi connectivity index (χ1n) is 10.8. The molecule has 4 aromatic rings. The monoisotopic (exact) mass is 461 g/mol. The molecule has 5 nitrogen and oxygen atoms in total. The average Bonchev–Trinajstić information content (AvgIpc) is 3.29. The molecular formula is C27H24ClNO4. The van der Waals surface area contributed by atoms with Crippen LogP contribution in [0, 0.1) is 0 Å². The van der Waals surface area contributed by atoms with E-state index < -0.39 is 0 Å². The molecule has 0 unspecified atom stereocenters. The lowest BCUT2D eigenvalue weighted by Gasteiger charge is -2.21. The van der Waals surface area contributed by atoms with Gasteiger partial charge in [0.1, 0.15) is 0 Å². The molecule has 33 heavy (non-hydrogen) atoms. The second-order valence-corrected chi connectivity index (χ2v) is 8.19. The summed E-state index contributed by atoms with van der Waals surface area (Å²) in [6.07, 6.45) is 3.96. The summed E-state index contributed by atoms with van der Waals surface area (Å²) in [5.74, 6) is 3.17. The lowest BCUT2D eigenvalue weighted by Crippen LogP contribution is -3.00. The van der Waals surface area contributed by atoms with Gasteiger partial charge < -0.3 is 31.4 Å². The summed E-state index contributed by atoms with van der Waals surface area (Å²) >= 11 is 0. The van der Waals surface area contributed by atoms with Crippen LogP contribution < -0.4 is 35.9 Å². The second kappa shape index (κ2) is 8.49. The van der Waals surface area contributed by atoms with Crippen molar-refractivity contribution >= 4 is 10.8 Å². The minimum absolute atomic E-state index is 0. The van der Waals surface area contributed by atoms with Crippen molar-refractivity contribution in [2.75, 3.05) is 21.0 Å². The maximum Gasteiger partial charge on any atom is 0.231 e. The van der Waals surface area contributed by atoms with Gasteiger partial charge in [-0.1, -0.05) is 30.3 Å². The summed E-state index contributed by atoms with van der Waals surface area (Å²) < 4.78 is 25.1. The number of pyridine rings is 1. The van der Waals surface area contributed by atoms with Crippen molar-refractivity contribution in [2.45, 2.75) is 19.4 Å². The van der Waals surface area contributed by atoms with Crippen molar-refractivity contribution < 1.29 is 35.9 Å². The summed E-state index contributed by atoms with van der Waals surface area (Å²) in [7, 11) is 3.38. The van der Waals surface area contributed by atoms with E-state index in [1.54, 1.807) is 14.2 Å². The summed E-state index contributed by atoms with van der Waals surface area (Å²) in [4.78, 5) is 0. The van der Waals surface area contributed by atoms with Crippen LogP contribution in [-0.4, -0.2) is 21.0 Å². The van der Waals surface area contributed by atoms with Crippen LogP contribution in [0.3, 0.4) is 0 Å². The molecule has 0 radical (unpaired) electrons. The van der Waals surface area contributed by atoms with Crippen molar-refractivity contribution in [3.63, 3.8) is 0 Å². The minimum atomic E-state index is 0. The Balaban J connectivity index is 0.00000228. The van der Waals surface area contributed by atoms with Crippen molar-refractivity contribution in [3.05, 3.63) is 77.5 Å². The number of benzene rings is 3. The third-order valence-corrected chi connectivity index (χ3v) is 6.47. The molecule has 0 atom stereocenters. The Labute approximate surface area is 198 Å². The van der Waals surface area contributed by atoms with Gasteiger partial charge in [-0.2, -0.15) is 4.57 Å². The zero-order valence-electron chi connectivity index (χ0n) is 18.6.